The van der Waals surface area contributed by atoms with Crippen LogP contribution in [0.3, 0.4) is 0 Å². The number of rotatable bonds is 3. The number of ether oxygens (including phenoxy) is 2. The number of benzene rings is 2. The van der Waals surface area contributed by atoms with E-state index in [1.807, 2.05) is 12.1 Å². The Morgan fingerprint density at radius 1 is 1.00 bits per heavy atom. The van der Waals surface area contributed by atoms with Gasteiger partial charge in [-0.3, -0.25) is 9.59 Å². The Labute approximate surface area is 180 Å². The molecule has 2 aromatic carbocycles. The molecule has 2 aromatic rings. The summed E-state index contributed by atoms with van der Waals surface area (Å²) < 4.78 is 34.7. The monoisotopic (exact) mass is 445 g/mol. The van der Waals surface area contributed by atoms with Crippen molar-refractivity contribution in [2.24, 2.45) is 5.14 Å². The van der Waals surface area contributed by atoms with Crippen molar-refractivity contribution >= 4 is 21.8 Å². The molecule has 0 aliphatic carbocycles. The third-order valence-electron chi connectivity index (χ3n) is 5.43. The molecule has 0 aromatic heterocycles. The molecule has 10 heteroatoms. The lowest BCUT2D eigenvalue weighted by atomic mass is 10.1. The lowest BCUT2D eigenvalue weighted by Gasteiger charge is -2.37. The molecular weight excluding hydrogens is 422 g/mol. The molecule has 1 saturated heterocycles. The number of sulfonamides is 1. The van der Waals surface area contributed by atoms with Crippen LogP contribution in [0, 0.1) is 6.92 Å². The van der Waals surface area contributed by atoms with Crippen molar-refractivity contribution in [2.45, 2.75) is 17.9 Å². The number of carbonyl (C=O) groups is 2. The molecule has 0 bridgehead atoms. The normalized spacial score (nSPS) is 18.6. The number of para-hydroxylation sites is 2. The van der Waals surface area contributed by atoms with Crippen LogP contribution in [0.5, 0.6) is 11.5 Å². The molecule has 31 heavy (non-hydrogen) atoms. The zero-order valence-corrected chi connectivity index (χ0v) is 17.8. The van der Waals surface area contributed by atoms with Crippen LogP contribution in [0.4, 0.5) is 0 Å². The predicted octanol–water partition coefficient (Wildman–Crippen LogP) is 0.767. The first-order valence-corrected chi connectivity index (χ1v) is 11.4. The van der Waals surface area contributed by atoms with Gasteiger partial charge in [-0.2, -0.15) is 0 Å². The number of amides is 2. The van der Waals surface area contributed by atoms with Crippen LogP contribution in [0.2, 0.25) is 0 Å². The van der Waals surface area contributed by atoms with Gasteiger partial charge in [0.05, 0.1) is 4.90 Å². The summed E-state index contributed by atoms with van der Waals surface area (Å²) in [5.74, 6) is 0.667. The number of piperazine rings is 1. The van der Waals surface area contributed by atoms with Crippen molar-refractivity contribution < 1.29 is 27.5 Å². The summed E-state index contributed by atoms with van der Waals surface area (Å²) >= 11 is 0. The van der Waals surface area contributed by atoms with E-state index in [4.69, 9.17) is 14.6 Å². The maximum atomic E-state index is 13.0. The van der Waals surface area contributed by atoms with Gasteiger partial charge in [0.25, 0.3) is 11.8 Å². The van der Waals surface area contributed by atoms with E-state index >= 15 is 0 Å². The van der Waals surface area contributed by atoms with Gasteiger partial charge in [0.2, 0.25) is 16.1 Å². The number of aryl methyl sites for hydroxylation is 1. The van der Waals surface area contributed by atoms with Gasteiger partial charge in [0.1, 0.15) is 6.61 Å². The van der Waals surface area contributed by atoms with Gasteiger partial charge < -0.3 is 19.3 Å². The van der Waals surface area contributed by atoms with Crippen molar-refractivity contribution in [3.63, 3.8) is 0 Å². The van der Waals surface area contributed by atoms with Crippen molar-refractivity contribution in [2.75, 3.05) is 32.8 Å². The minimum atomic E-state index is -3.91. The lowest BCUT2D eigenvalue weighted by Crippen LogP contribution is -2.55. The summed E-state index contributed by atoms with van der Waals surface area (Å²) in [5.41, 5.74) is 0.939. The molecule has 1 unspecified atom stereocenters. The third-order valence-corrected chi connectivity index (χ3v) is 6.34. The van der Waals surface area contributed by atoms with Crippen LogP contribution in [-0.4, -0.2) is 68.9 Å². The topological polar surface area (TPSA) is 119 Å². The fraction of sp³-hybridized carbons (Fsp3) is 0.333. The second-order valence-corrected chi connectivity index (χ2v) is 9.06. The van der Waals surface area contributed by atoms with Crippen LogP contribution in [0.1, 0.15) is 15.9 Å². The second kappa shape index (κ2) is 8.20. The van der Waals surface area contributed by atoms with E-state index in [1.54, 1.807) is 34.9 Å². The molecule has 1 atom stereocenters. The Morgan fingerprint density at radius 3 is 2.32 bits per heavy atom. The van der Waals surface area contributed by atoms with Crippen molar-refractivity contribution in [1.82, 2.24) is 9.80 Å². The Kier molecular flexibility index (Phi) is 5.59. The molecule has 2 heterocycles. The zero-order valence-electron chi connectivity index (χ0n) is 17.0. The largest absolute Gasteiger partial charge is 0.485 e. The molecule has 4 rings (SSSR count). The molecule has 2 N–H and O–H groups in total. The maximum Gasteiger partial charge on any atom is 0.267 e. The average Bonchev–Trinajstić information content (AvgIpc) is 2.77. The van der Waals surface area contributed by atoms with Crippen molar-refractivity contribution in [1.29, 1.82) is 0 Å². The summed E-state index contributed by atoms with van der Waals surface area (Å²) in [6.45, 7) is 3.22. The van der Waals surface area contributed by atoms with Crippen LogP contribution in [0.25, 0.3) is 0 Å². The summed E-state index contributed by atoms with van der Waals surface area (Å²) in [7, 11) is -3.91. The first-order valence-electron chi connectivity index (χ1n) is 9.84. The number of hydrogen-bond donors (Lipinski definition) is 1. The number of fused-ring (bicyclic) bond motifs is 1. The SMILES string of the molecule is Cc1ccc(S(N)(=O)=O)cc1C(=O)N1CCN(C(=O)C2COc3ccccc3O2)CC1. The van der Waals surface area contributed by atoms with Gasteiger partial charge in [-0.15, -0.1) is 0 Å². The number of primary sulfonamides is 1. The fourth-order valence-corrected chi connectivity index (χ4v) is 4.19. The smallest absolute Gasteiger partial charge is 0.267 e. The summed E-state index contributed by atoms with van der Waals surface area (Å²) in [4.78, 5) is 29.0. The standard InChI is InChI=1S/C21H23N3O6S/c1-14-6-7-15(31(22,27)28)12-16(14)20(25)23-8-10-24(11-9-23)21(26)19-13-29-17-4-2-3-5-18(17)30-19/h2-7,12,19H,8-11,13H2,1H3,(H2,22,27,28). The highest BCUT2D eigenvalue weighted by atomic mass is 32.2. The van der Waals surface area contributed by atoms with Crippen LogP contribution in [-0.2, 0) is 14.8 Å². The van der Waals surface area contributed by atoms with Crippen molar-refractivity contribution in [3.05, 3.63) is 53.6 Å². The van der Waals surface area contributed by atoms with Crippen molar-refractivity contribution in [3.8, 4) is 11.5 Å². The number of nitrogens with two attached hydrogens (primary N) is 1. The fourth-order valence-electron chi connectivity index (χ4n) is 3.65. The first-order chi connectivity index (χ1) is 14.7. The van der Waals surface area contributed by atoms with Gasteiger partial charge in [0, 0.05) is 31.7 Å². The minimum absolute atomic E-state index is 0.106. The molecule has 0 radical (unpaired) electrons. The number of nitrogens with zero attached hydrogens (tertiary/aromatic N) is 2. The van der Waals surface area contributed by atoms with Gasteiger partial charge >= 0.3 is 0 Å². The van der Waals surface area contributed by atoms with E-state index in [-0.39, 0.29) is 28.9 Å². The molecule has 9 nitrogen and oxygen atoms in total. The molecule has 0 spiro atoms. The Balaban J connectivity index is 1.40. The summed E-state index contributed by atoms with van der Waals surface area (Å²) in [6.07, 6.45) is -0.731. The van der Waals surface area contributed by atoms with Crippen LogP contribution < -0.4 is 14.6 Å². The van der Waals surface area contributed by atoms with Crippen LogP contribution >= 0.6 is 0 Å². The highest BCUT2D eigenvalue weighted by molar-refractivity contribution is 7.89. The number of carbonyl (C=O) groups excluding carboxylic acids is 2. The molecule has 1 fully saturated rings. The summed E-state index contributed by atoms with van der Waals surface area (Å²) in [6, 6.07) is 11.4. The van der Waals surface area contributed by atoms with Gasteiger partial charge in [-0.1, -0.05) is 18.2 Å². The number of hydrogen-bond acceptors (Lipinski definition) is 6. The van der Waals surface area contributed by atoms with E-state index in [0.717, 1.165) is 0 Å². The quantitative estimate of drug-likeness (QED) is 0.745. The Morgan fingerprint density at radius 2 is 1.65 bits per heavy atom. The highest BCUT2D eigenvalue weighted by Gasteiger charge is 2.33. The van der Waals surface area contributed by atoms with E-state index in [1.165, 1.54) is 12.1 Å². The Hall–Kier alpha value is -3.11. The van der Waals surface area contributed by atoms with Gasteiger partial charge in [0.15, 0.2) is 11.5 Å². The second-order valence-electron chi connectivity index (χ2n) is 7.50. The van der Waals surface area contributed by atoms with E-state index in [9.17, 15) is 18.0 Å². The molecule has 164 valence electrons. The zero-order chi connectivity index (χ0) is 22.2. The van der Waals surface area contributed by atoms with Crippen LogP contribution in [0.15, 0.2) is 47.4 Å². The molecular formula is C21H23N3O6S. The first kappa shape index (κ1) is 21.1. The van der Waals surface area contributed by atoms with Gasteiger partial charge in [-0.05, 0) is 36.8 Å². The van der Waals surface area contributed by atoms with E-state index in [0.29, 0.717) is 43.2 Å². The average molecular weight is 445 g/mol. The van der Waals surface area contributed by atoms with E-state index < -0.39 is 16.1 Å². The minimum Gasteiger partial charge on any atom is -0.485 e. The molecule has 0 saturated carbocycles. The maximum absolute atomic E-state index is 13.0. The molecule has 2 aliphatic heterocycles. The van der Waals surface area contributed by atoms with E-state index in [2.05, 4.69) is 0 Å². The third kappa shape index (κ3) is 4.35. The van der Waals surface area contributed by atoms with Gasteiger partial charge in [-0.25, -0.2) is 13.6 Å². The highest BCUT2D eigenvalue weighted by Crippen LogP contribution is 2.31. The Bertz CT molecular complexity index is 1130. The molecule has 2 amide bonds. The predicted molar refractivity (Wildman–Crippen MR) is 111 cm³/mol. The lowest BCUT2D eigenvalue weighted by molar-refractivity contribution is -0.142. The summed E-state index contributed by atoms with van der Waals surface area (Å²) in [5, 5.41) is 5.19. The molecule has 2 aliphatic rings.